The van der Waals surface area contributed by atoms with E-state index in [1.165, 1.54) is 0 Å². The number of hydrogen-bond donors (Lipinski definition) is 0. The van der Waals surface area contributed by atoms with Gasteiger partial charge < -0.3 is 13.9 Å². The molecule has 1 aliphatic heterocycles. The van der Waals surface area contributed by atoms with Crippen LogP contribution < -0.4 is 19.8 Å². The highest BCUT2D eigenvalue weighted by molar-refractivity contribution is 9.10. The van der Waals surface area contributed by atoms with E-state index in [2.05, 4.69) is 22.9 Å². The Morgan fingerprint density at radius 1 is 0.941 bits per heavy atom. The Balaban J connectivity index is 1.79. The molecule has 0 saturated heterocycles. The number of carbonyl (C=O) groups is 1. The lowest BCUT2D eigenvalue weighted by Crippen LogP contribution is -2.29. The number of carbonyl (C=O) groups excluding carboxylic acids is 1. The molecule has 1 amide bonds. The number of nitrogens with zero attached hydrogens (tertiary/aromatic N) is 1. The minimum Gasteiger partial charge on any atom is -0.493 e. The fourth-order valence-corrected chi connectivity index (χ4v) is 4.80. The Kier molecular flexibility index (Phi) is 5.65. The summed E-state index contributed by atoms with van der Waals surface area (Å²) in [6.07, 6.45) is 0.883. The summed E-state index contributed by atoms with van der Waals surface area (Å²) in [5.41, 5.74) is 2.99. The Morgan fingerprint density at radius 3 is 2.35 bits per heavy atom. The number of hydrogen-bond acceptors (Lipinski definition) is 5. The highest BCUT2D eigenvalue weighted by Gasteiger charge is 2.44. The standard InChI is InChI=1S/C27H22BrNO5/c1-4-15-5-9-18(10-6-15)29-24(16-7-11-21(32-2)22(13-16)33-3)23-25(30)19-14-17(28)8-12-20(19)34-26(23)27(29)31/h5-14,24H,4H2,1-3H3. The highest BCUT2D eigenvalue weighted by Crippen LogP contribution is 2.43. The number of benzene rings is 3. The number of rotatable bonds is 5. The summed E-state index contributed by atoms with van der Waals surface area (Å²) >= 11 is 3.43. The van der Waals surface area contributed by atoms with E-state index in [1.54, 1.807) is 49.5 Å². The van der Waals surface area contributed by atoms with E-state index in [0.717, 1.165) is 16.5 Å². The lowest BCUT2D eigenvalue weighted by molar-refractivity contribution is 0.0971. The first-order chi connectivity index (χ1) is 16.5. The van der Waals surface area contributed by atoms with Crippen LogP contribution in [0.1, 0.15) is 40.2 Å². The summed E-state index contributed by atoms with van der Waals surface area (Å²) in [5.74, 6) is 0.763. The Labute approximate surface area is 204 Å². The fraction of sp³-hybridized carbons (Fsp3) is 0.185. The molecule has 0 radical (unpaired) electrons. The Bertz CT molecular complexity index is 1480. The predicted octanol–water partition coefficient (Wildman–Crippen LogP) is 5.88. The van der Waals surface area contributed by atoms with Crippen molar-refractivity contribution in [3.05, 3.63) is 97.8 Å². The van der Waals surface area contributed by atoms with Crippen LogP contribution in [0.2, 0.25) is 0 Å². The van der Waals surface area contributed by atoms with Crippen molar-refractivity contribution >= 4 is 38.5 Å². The quantitative estimate of drug-likeness (QED) is 0.329. The van der Waals surface area contributed by atoms with E-state index in [0.29, 0.717) is 39.3 Å². The maximum absolute atomic E-state index is 13.7. The van der Waals surface area contributed by atoms with Gasteiger partial charge in [-0.15, -0.1) is 0 Å². The molecule has 0 fully saturated rings. The number of halogens is 1. The van der Waals surface area contributed by atoms with Crippen molar-refractivity contribution in [3.63, 3.8) is 0 Å². The lowest BCUT2D eigenvalue weighted by atomic mass is 9.97. The minimum atomic E-state index is -0.686. The second-order valence-electron chi connectivity index (χ2n) is 8.03. The monoisotopic (exact) mass is 519 g/mol. The van der Waals surface area contributed by atoms with Crippen molar-refractivity contribution in [2.75, 3.05) is 19.1 Å². The zero-order chi connectivity index (χ0) is 24.0. The van der Waals surface area contributed by atoms with E-state index in [4.69, 9.17) is 13.9 Å². The van der Waals surface area contributed by atoms with Gasteiger partial charge in [-0.2, -0.15) is 0 Å². The number of fused-ring (bicyclic) bond motifs is 2. The average molecular weight is 520 g/mol. The van der Waals surface area contributed by atoms with Crippen LogP contribution in [-0.2, 0) is 6.42 Å². The predicted molar refractivity (Wildman–Crippen MR) is 134 cm³/mol. The number of ether oxygens (including phenoxy) is 2. The van der Waals surface area contributed by atoms with E-state index < -0.39 is 6.04 Å². The molecule has 6 nitrogen and oxygen atoms in total. The lowest BCUT2D eigenvalue weighted by Gasteiger charge is -2.26. The van der Waals surface area contributed by atoms with Crippen LogP contribution in [0.3, 0.4) is 0 Å². The van der Waals surface area contributed by atoms with E-state index in [9.17, 15) is 9.59 Å². The molecule has 1 aliphatic rings. The van der Waals surface area contributed by atoms with Crippen LogP contribution in [0, 0.1) is 0 Å². The Hall–Kier alpha value is -3.58. The van der Waals surface area contributed by atoms with Gasteiger partial charge >= 0.3 is 0 Å². The van der Waals surface area contributed by atoms with Crippen LogP contribution in [0.25, 0.3) is 11.0 Å². The number of aryl methyl sites for hydroxylation is 1. The molecule has 1 aromatic heterocycles. The summed E-state index contributed by atoms with van der Waals surface area (Å²) in [6, 6.07) is 17.7. The van der Waals surface area contributed by atoms with Crippen LogP contribution >= 0.6 is 15.9 Å². The van der Waals surface area contributed by atoms with Crippen LogP contribution in [0.15, 0.2) is 74.3 Å². The zero-order valence-electron chi connectivity index (χ0n) is 18.9. The molecule has 0 saturated carbocycles. The van der Waals surface area contributed by atoms with Crippen molar-refractivity contribution in [2.45, 2.75) is 19.4 Å². The van der Waals surface area contributed by atoms with Crippen molar-refractivity contribution in [2.24, 2.45) is 0 Å². The molecule has 0 spiro atoms. The number of anilines is 1. The molecule has 0 N–H and O–H groups in total. The van der Waals surface area contributed by atoms with Crippen molar-refractivity contribution in [1.82, 2.24) is 0 Å². The minimum absolute atomic E-state index is 0.0548. The van der Waals surface area contributed by atoms with Gasteiger partial charge in [0.25, 0.3) is 5.91 Å². The maximum atomic E-state index is 13.7. The van der Waals surface area contributed by atoms with Crippen molar-refractivity contribution < 1.29 is 18.7 Å². The molecule has 1 atom stereocenters. The molecule has 0 bridgehead atoms. The van der Waals surface area contributed by atoms with Crippen LogP contribution in [-0.4, -0.2) is 20.1 Å². The molecule has 5 rings (SSSR count). The van der Waals surface area contributed by atoms with Crippen LogP contribution in [0.4, 0.5) is 5.69 Å². The molecule has 2 heterocycles. The van der Waals surface area contributed by atoms with E-state index in [-0.39, 0.29) is 17.1 Å². The SMILES string of the molecule is CCc1ccc(N2C(=O)c3oc4ccc(Br)cc4c(=O)c3C2c2ccc(OC)c(OC)c2)cc1. The average Bonchev–Trinajstić information content (AvgIpc) is 3.16. The highest BCUT2D eigenvalue weighted by atomic mass is 79.9. The topological polar surface area (TPSA) is 69.0 Å². The molecular formula is C27H22BrNO5. The largest absolute Gasteiger partial charge is 0.493 e. The molecule has 3 aromatic carbocycles. The Morgan fingerprint density at radius 2 is 1.68 bits per heavy atom. The molecule has 34 heavy (non-hydrogen) atoms. The van der Waals surface area contributed by atoms with Gasteiger partial charge in [0.05, 0.1) is 31.2 Å². The third-order valence-corrected chi connectivity index (χ3v) is 6.67. The first-order valence-electron chi connectivity index (χ1n) is 10.9. The number of amides is 1. The van der Waals surface area contributed by atoms with Crippen molar-refractivity contribution in [1.29, 1.82) is 0 Å². The van der Waals surface area contributed by atoms with Crippen molar-refractivity contribution in [3.8, 4) is 11.5 Å². The first-order valence-corrected chi connectivity index (χ1v) is 11.7. The van der Waals surface area contributed by atoms with E-state index in [1.807, 2.05) is 30.3 Å². The zero-order valence-corrected chi connectivity index (χ0v) is 20.5. The molecule has 172 valence electrons. The molecule has 4 aromatic rings. The normalized spacial score (nSPS) is 15.0. The summed E-state index contributed by atoms with van der Waals surface area (Å²) in [5, 5.41) is 0.412. The maximum Gasteiger partial charge on any atom is 0.295 e. The summed E-state index contributed by atoms with van der Waals surface area (Å²) in [4.78, 5) is 29.1. The summed E-state index contributed by atoms with van der Waals surface area (Å²) in [6.45, 7) is 2.07. The van der Waals surface area contributed by atoms with Gasteiger partial charge in [0, 0.05) is 10.2 Å². The van der Waals surface area contributed by atoms with Gasteiger partial charge in [0.15, 0.2) is 16.9 Å². The van der Waals surface area contributed by atoms with E-state index >= 15 is 0 Å². The summed E-state index contributed by atoms with van der Waals surface area (Å²) < 4.78 is 17.7. The van der Waals surface area contributed by atoms with Gasteiger partial charge in [-0.3, -0.25) is 14.5 Å². The fourth-order valence-electron chi connectivity index (χ4n) is 4.44. The van der Waals surface area contributed by atoms with Gasteiger partial charge in [0.2, 0.25) is 5.76 Å². The van der Waals surface area contributed by atoms with Gasteiger partial charge in [-0.05, 0) is 60.0 Å². The van der Waals surface area contributed by atoms with Gasteiger partial charge in [0.1, 0.15) is 5.58 Å². The van der Waals surface area contributed by atoms with Gasteiger partial charge in [-0.1, -0.05) is 41.1 Å². The molecule has 1 unspecified atom stereocenters. The molecule has 7 heteroatoms. The third-order valence-electron chi connectivity index (χ3n) is 6.18. The number of methoxy groups -OCH3 is 2. The first kappa shape index (κ1) is 22.2. The third kappa shape index (κ3) is 3.47. The molecular weight excluding hydrogens is 498 g/mol. The van der Waals surface area contributed by atoms with Gasteiger partial charge in [-0.25, -0.2) is 0 Å². The summed E-state index contributed by atoms with van der Waals surface area (Å²) in [7, 11) is 3.11. The smallest absolute Gasteiger partial charge is 0.295 e. The van der Waals surface area contributed by atoms with Crippen LogP contribution in [0.5, 0.6) is 11.5 Å². The second kappa shape index (κ2) is 8.65. The molecule has 0 aliphatic carbocycles. The second-order valence-corrected chi connectivity index (χ2v) is 8.94.